The van der Waals surface area contributed by atoms with Crippen LogP contribution in [0.15, 0.2) is 18.2 Å². The molecule has 114 valence electrons. The Bertz CT molecular complexity index is 542. The molecule has 0 bridgehead atoms. The Morgan fingerprint density at radius 1 is 1.52 bits per heavy atom. The van der Waals surface area contributed by atoms with Crippen LogP contribution in [-0.4, -0.2) is 37.5 Å². The number of rotatable bonds is 5. The summed E-state index contributed by atoms with van der Waals surface area (Å²) < 4.78 is 5.20. The number of nitro groups is 1. The zero-order valence-electron chi connectivity index (χ0n) is 12.4. The highest BCUT2D eigenvalue weighted by molar-refractivity contribution is 5.98. The maximum absolute atomic E-state index is 11.5. The van der Waals surface area contributed by atoms with Gasteiger partial charge in [-0.3, -0.25) is 14.9 Å². The second kappa shape index (κ2) is 6.67. The molecule has 1 fully saturated rings. The first kappa shape index (κ1) is 15.4. The Morgan fingerprint density at radius 3 is 2.90 bits per heavy atom. The summed E-state index contributed by atoms with van der Waals surface area (Å²) in [5.41, 5.74) is 0.843. The van der Waals surface area contributed by atoms with Crippen LogP contribution in [0.25, 0.3) is 0 Å². The van der Waals surface area contributed by atoms with Crippen molar-refractivity contribution in [1.29, 1.82) is 0 Å². The van der Waals surface area contributed by atoms with Gasteiger partial charge < -0.3 is 9.64 Å². The van der Waals surface area contributed by atoms with Crippen molar-refractivity contribution in [3.63, 3.8) is 0 Å². The summed E-state index contributed by atoms with van der Waals surface area (Å²) in [6, 6.07) is 4.85. The van der Waals surface area contributed by atoms with E-state index >= 15 is 0 Å². The number of nitrogens with zero attached hydrogens (tertiary/aromatic N) is 2. The molecule has 0 radical (unpaired) electrons. The number of ketones is 1. The van der Waals surface area contributed by atoms with E-state index in [1.54, 1.807) is 19.2 Å². The molecule has 6 heteroatoms. The standard InChI is InChI=1S/C15H20N2O4/c1-11(18)14-6-5-13(8-15(14)17(19)20)16-7-3-4-12(9-16)10-21-2/h5-6,8,12H,3-4,7,9-10H2,1-2H3. The van der Waals surface area contributed by atoms with Gasteiger partial charge in [-0.25, -0.2) is 0 Å². The van der Waals surface area contributed by atoms with Gasteiger partial charge in [0.1, 0.15) is 0 Å². The first-order valence-corrected chi connectivity index (χ1v) is 7.06. The number of piperidine rings is 1. The maximum Gasteiger partial charge on any atom is 0.282 e. The Hall–Kier alpha value is -1.95. The molecule has 1 aliphatic heterocycles. The average molecular weight is 292 g/mol. The van der Waals surface area contributed by atoms with Crippen molar-refractivity contribution in [2.24, 2.45) is 5.92 Å². The molecule has 1 heterocycles. The second-order valence-electron chi connectivity index (χ2n) is 5.42. The minimum atomic E-state index is -0.489. The largest absolute Gasteiger partial charge is 0.384 e. The summed E-state index contributed by atoms with van der Waals surface area (Å²) in [6.45, 7) is 3.74. The summed E-state index contributed by atoms with van der Waals surface area (Å²) >= 11 is 0. The average Bonchev–Trinajstić information content (AvgIpc) is 2.47. The molecule has 0 N–H and O–H groups in total. The lowest BCUT2D eigenvalue weighted by molar-refractivity contribution is -0.385. The predicted octanol–water partition coefficient (Wildman–Crippen LogP) is 2.66. The highest BCUT2D eigenvalue weighted by atomic mass is 16.6. The van der Waals surface area contributed by atoms with E-state index in [-0.39, 0.29) is 17.0 Å². The van der Waals surface area contributed by atoms with Crippen LogP contribution in [0.2, 0.25) is 0 Å². The van der Waals surface area contributed by atoms with Crippen molar-refractivity contribution in [2.45, 2.75) is 19.8 Å². The highest BCUT2D eigenvalue weighted by Gasteiger charge is 2.23. The third-order valence-corrected chi connectivity index (χ3v) is 3.84. The van der Waals surface area contributed by atoms with Crippen LogP contribution < -0.4 is 4.90 Å². The summed E-state index contributed by atoms with van der Waals surface area (Å²) in [4.78, 5) is 24.2. The van der Waals surface area contributed by atoms with E-state index in [0.717, 1.165) is 31.6 Å². The molecular weight excluding hydrogens is 272 g/mol. The SMILES string of the molecule is COCC1CCCN(c2ccc(C(C)=O)c([N+](=O)[O-])c2)C1. The molecular formula is C15H20N2O4. The summed E-state index contributed by atoms with van der Waals surface area (Å²) in [6.07, 6.45) is 2.15. The highest BCUT2D eigenvalue weighted by Crippen LogP contribution is 2.29. The summed E-state index contributed by atoms with van der Waals surface area (Å²) in [7, 11) is 1.69. The fraction of sp³-hybridized carbons (Fsp3) is 0.533. The molecule has 1 atom stereocenters. The minimum Gasteiger partial charge on any atom is -0.384 e. The van der Waals surface area contributed by atoms with Crippen molar-refractivity contribution in [3.05, 3.63) is 33.9 Å². The summed E-state index contributed by atoms with van der Waals surface area (Å²) in [5.74, 6) is 0.152. The Kier molecular flexibility index (Phi) is 4.90. The number of hydrogen-bond donors (Lipinski definition) is 0. The van der Waals surface area contributed by atoms with E-state index in [0.29, 0.717) is 12.5 Å². The molecule has 1 aliphatic rings. The van der Waals surface area contributed by atoms with Crippen molar-refractivity contribution in [3.8, 4) is 0 Å². The Morgan fingerprint density at radius 2 is 2.29 bits per heavy atom. The number of methoxy groups -OCH3 is 1. The fourth-order valence-electron chi connectivity index (χ4n) is 2.84. The molecule has 1 unspecified atom stereocenters. The van der Waals surface area contributed by atoms with Crippen LogP contribution in [0.3, 0.4) is 0 Å². The van der Waals surface area contributed by atoms with Gasteiger partial charge >= 0.3 is 0 Å². The smallest absolute Gasteiger partial charge is 0.282 e. The molecule has 6 nitrogen and oxygen atoms in total. The fourth-order valence-corrected chi connectivity index (χ4v) is 2.84. The van der Waals surface area contributed by atoms with Crippen LogP contribution in [0, 0.1) is 16.0 Å². The maximum atomic E-state index is 11.5. The summed E-state index contributed by atoms with van der Waals surface area (Å²) in [5, 5.41) is 11.1. The molecule has 2 rings (SSSR count). The van der Waals surface area contributed by atoms with E-state index < -0.39 is 4.92 Å². The van der Waals surface area contributed by atoms with Crippen LogP contribution >= 0.6 is 0 Å². The molecule has 0 amide bonds. The number of carbonyl (C=O) groups is 1. The second-order valence-corrected chi connectivity index (χ2v) is 5.42. The van der Waals surface area contributed by atoms with Crippen LogP contribution in [-0.2, 0) is 4.74 Å². The van der Waals surface area contributed by atoms with E-state index in [1.165, 1.54) is 13.0 Å². The molecule has 0 saturated carbocycles. The quantitative estimate of drug-likeness (QED) is 0.474. The Labute approximate surface area is 123 Å². The molecule has 0 aliphatic carbocycles. The van der Waals surface area contributed by atoms with Gasteiger partial charge in [-0.2, -0.15) is 0 Å². The van der Waals surface area contributed by atoms with E-state index in [2.05, 4.69) is 4.90 Å². The lowest BCUT2D eigenvalue weighted by Gasteiger charge is -2.34. The Balaban J connectivity index is 2.25. The number of nitro benzene ring substituents is 1. The number of ether oxygens (including phenoxy) is 1. The minimum absolute atomic E-state index is 0.117. The van der Waals surface area contributed by atoms with Gasteiger partial charge in [0.15, 0.2) is 5.78 Å². The van der Waals surface area contributed by atoms with Gasteiger partial charge in [-0.1, -0.05) is 0 Å². The normalized spacial score (nSPS) is 18.6. The molecule has 1 saturated heterocycles. The van der Waals surface area contributed by atoms with Crippen LogP contribution in [0.1, 0.15) is 30.1 Å². The van der Waals surface area contributed by atoms with Crippen LogP contribution in [0.4, 0.5) is 11.4 Å². The lowest BCUT2D eigenvalue weighted by atomic mass is 9.98. The lowest BCUT2D eigenvalue weighted by Crippen LogP contribution is -2.37. The van der Waals surface area contributed by atoms with Crippen molar-refractivity contribution < 1.29 is 14.5 Å². The molecule has 1 aromatic rings. The number of anilines is 1. The number of Topliss-reactive ketones (excluding diaryl/α,β-unsaturated/α-hetero) is 1. The molecule has 0 spiro atoms. The van der Waals surface area contributed by atoms with Gasteiger partial charge in [0, 0.05) is 32.0 Å². The van der Waals surface area contributed by atoms with Gasteiger partial charge in [0.05, 0.1) is 17.1 Å². The first-order valence-electron chi connectivity index (χ1n) is 7.06. The van der Waals surface area contributed by atoms with Gasteiger partial charge in [0.2, 0.25) is 0 Å². The topological polar surface area (TPSA) is 72.7 Å². The van der Waals surface area contributed by atoms with Crippen molar-refractivity contribution in [1.82, 2.24) is 0 Å². The van der Waals surface area contributed by atoms with Crippen molar-refractivity contribution >= 4 is 17.2 Å². The number of carbonyl (C=O) groups excluding carboxylic acids is 1. The zero-order chi connectivity index (χ0) is 15.4. The van der Waals surface area contributed by atoms with Gasteiger partial charge in [-0.05, 0) is 37.8 Å². The van der Waals surface area contributed by atoms with E-state index in [9.17, 15) is 14.9 Å². The van der Waals surface area contributed by atoms with Gasteiger partial charge in [-0.15, -0.1) is 0 Å². The number of hydrogen-bond acceptors (Lipinski definition) is 5. The molecule has 1 aromatic carbocycles. The third kappa shape index (κ3) is 3.58. The third-order valence-electron chi connectivity index (χ3n) is 3.84. The monoisotopic (exact) mass is 292 g/mol. The van der Waals surface area contributed by atoms with Gasteiger partial charge in [0.25, 0.3) is 5.69 Å². The predicted molar refractivity (Wildman–Crippen MR) is 79.9 cm³/mol. The van der Waals surface area contributed by atoms with Crippen molar-refractivity contribution in [2.75, 3.05) is 31.7 Å². The molecule has 21 heavy (non-hydrogen) atoms. The molecule has 0 aromatic heterocycles. The van der Waals surface area contributed by atoms with E-state index in [1.807, 2.05) is 0 Å². The van der Waals surface area contributed by atoms with Crippen LogP contribution in [0.5, 0.6) is 0 Å². The van der Waals surface area contributed by atoms with E-state index in [4.69, 9.17) is 4.74 Å². The first-order chi connectivity index (χ1) is 10.0. The zero-order valence-corrected chi connectivity index (χ0v) is 12.4. The number of benzene rings is 1.